The van der Waals surface area contributed by atoms with Crippen LogP contribution in [0.3, 0.4) is 0 Å². The van der Waals surface area contributed by atoms with Gasteiger partial charge in [-0.15, -0.1) is 0 Å². The molecule has 0 aromatic heterocycles. The molecule has 0 spiro atoms. The molecule has 0 aliphatic rings. The number of carbonyl (C=O) groups excluding carboxylic acids is 1. The van der Waals surface area contributed by atoms with Crippen molar-refractivity contribution in [2.75, 3.05) is 0 Å². The van der Waals surface area contributed by atoms with Gasteiger partial charge in [-0.25, -0.2) is 0 Å². The summed E-state index contributed by atoms with van der Waals surface area (Å²) in [5.41, 5.74) is 0. The summed E-state index contributed by atoms with van der Waals surface area (Å²) in [5, 5.41) is 16.7. The summed E-state index contributed by atoms with van der Waals surface area (Å²) in [4.78, 5) is 8.33. The van der Waals surface area contributed by atoms with Crippen molar-refractivity contribution in [2.45, 2.75) is 0 Å². The van der Waals surface area contributed by atoms with Crippen LogP contribution < -0.4 is 69.3 Å². The van der Waals surface area contributed by atoms with Crippen molar-refractivity contribution in [2.24, 2.45) is 0 Å². The Balaban J connectivity index is -0.00000000125. The zero-order valence-electron chi connectivity index (χ0n) is 7.22. The first-order chi connectivity index (χ1) is 1.73. The van der Waals surface area contributed by atoms with Gasteiger partial charge < -0.3 is 53.3 Å². The normalized spacial score (nSPS) is 1.85. The fourth-order valence-electron chi connectivity index (χ4n) is 0. The van der Waals surface area contributed by atoms with Gasteiger partial charge in [0, 0.05) is 0 Å². The van der Waals surface area contributed by atoms with E-state index in [2.05, 4.69) is 0 Å². The van der Waals surface area contributed by atoms with Crippen molar-refractivity contribution >= 4 is 6.16 Å². The van der Waals surface area contributed by atoms with Crippen molar-refractivity contribution in [1.82, 2.24) is 0 Å². The van der Waals surface area contributed by atoms with Crippen molar-refractivity contribution in [1.29, 1.82) is 0 Å². The third-order valence-corrected chi connectivity index (χ3v) is 0. The summed E-state index contributed by atoms with van der Waals surface area (Å²) in [7, 11) is 0. The predicted octanol–water partition coefficient (Wildman–Crippen LogP) is -14.2. The smallest absolute Gasteiger partial charge is 0.652 e. The van der Waals surface area contributed by atoms with Crippen LogP contribution in [0.5, 0.6) is 0 Å². The van der Waals surface area contributed by atoms with Crippen LogP contribution in [0.15, 0.2) is 0 Å². The average Bonchev–Trinajstić information content (AvgIpc) is 0.811. The maximum atomic E-state index is 8.33. The van der Waals surface area contributed by atoms with Crippen LogP contribution in [0.25, 0.3) is 0 Å². The minimum absolute atomic E-state index is 0. The van der Waals surface area contributed by atoms with Gasteiger partial charge in [-0.3, -0.25) is 0 Å². The SMILES string of the molecule is O.O.O.O.O.O.O.O=C([O-])[O-].[Na+].[Na+]. The molecular formula is CH14Na2O10. The summed E-state index contributed by atoms with van der Waals surface area (Å²) in [6, 6.07) is 0. The number of hydrogen-bond donors (Lipinski definition) is 0. The molecule has 13 heavy (non-hydrogen) atoms. The third-order valence-electron chi connectivity index (χ3n) is 0. The molecular weight excluding hydrogens is 218 g/mol. The number of carboxylic acid groups (broad SMARTS) is 2. The summed E-state index contributed by atoms with van der Waals surface area (Å²) >= 11 is 0. The van der Waals surface area contributed by atoms with E-state index in [1.165, 1.54) is 0 Å². The molecule has 0 amide bonds. The molecule has 0 heterocycles. The van der Waals surface area contributed by atoms with Crippen LogP contribution in [0.1, 0.15) is 0 Å². The Morgan fingerprint density at radius 1 is 0.615 bits per heavy atom. The summed E-state index contributed by atoms with van der Waals surface area (Å²) in [6.07, 6.45) is -2.33. The Labute approximate surface area is 118 Å². The standard InChI is InChI=1S/CH2O3.2Na.7H2O/c2-1(3)4;;;;;;;;;/h(H2,2,3,4);;;7*1H2/q;2*+1;;;;;;;/p-2. The molecule has 12 heteroatoms. The third kappa shape index (κ3) is 1600. The fourth-order valence-corrected chi connectivity index (χ4v) is 0. The van der Waals surface area contributed by atoms with Crippen molar-refractivity contribution in [3.8, 4) is 0 Å². The molecule has 0 aromatic carbocycles. The Bertz CT molecular complexity index is 35.9. The van der Waals surface area contributed by atoms with Gasteiger partial charge in [-0.1, -0.05) is 0 Å². The molecule has 14 N–H and O–H groups in total. The Kier molecular flexibility index (Phi) is 1340. The Hall–Kier alpha value is 0.990. The Morgan fingerprint density at radius 2 is 0.615 bits per heavy atom. The van der Waals surface area contributed by atoms with E-state index in [0.717, 1.165) is 0 Å². The minimum atomic E-state index is -2.33. The largest absolute Gasteiger partial charge is 1.00 e. The summed E-state index contributed by atoms with van der Waals surface area (Å²) in [6.45, 7) is 0. The summed E-state index contributed by atoms with van der Waals surface area (Å²) in [5.74, 6) is 0. The topological polar surface area (TPSA) is 284 Å². The Morgan fingerprint density at radius 3 is 0.615 bits per heavy atom. The van der Waals surface area contributed by atoms with E-state index in [-0.39, 0.29) is 97.4 Å². The van der Waals surface area contributed by atoms with Crippen LogP contribution in [0, 0.1) is 0 Å². The van der Waals surface area contributed by atoms with Crippen LogP contribution >= 0.6 is 0 Å². The van der Waals surface area contributed by atoms with Crippen molar-refractivity contribution < 1.29 is 112 Å². The van der Waals surface area contributed by atoms with E-state index in [9.17, 15) is 0 Å². The van der Waals surface area contributed by atoms with E-state index in [0.29, 0.717) is 0 Å². The molecule has 0 aliphatic heterocycles. The van der Waals surface area contributed by atoms with E-state index < -0.39 is 6.16 Å². The number of carbonyl (C=O) groups is 1. The predicted molar refractivity (Wildman–Crippen MR) is 30.7 cm³/mol. The van der Waals surface area contributed by atoms with Crippen LogP contribution in [0.4, 0.5) is 4.79 Å². The number of hydrogen-bond acceptors (Lipinski definition) is 3. The molecule has 10 nitrogen and oxygen atoms in total. The molecule has 0 fully saturated rings. The maximum Gasteiger partial charge on any atom is 1.00 e. The summed E-state index contributed by atoms with van der Waals surface area (Å²) < 4.78 is 0. The molecule has 0 aromatic rings. The van der Waals surface area contributed by atoms with E-state index in [4.69, 9.17) is 15.0 Å². The van der Waals surface area contributed by atoms with Crippen molar-refractivity contribution in [3.05, 3.63) is 0 Å². The zero-order valence-corrected chi connectivity index (χ0v) is 11.2. The molecule has 0 rings (SSSR count). The minimum Gasteiger partial charge on any atom is -0.652 e. The van der Waals surface area contributed by atoms with Crippen molar-refractivity contribution in [3.63, 3.8) is 0 Å². The van der Waals surface area contributed by atoms with Gasteiger partial charge in [0.25, 0.3) is 0 Å². The molecule has 0 aliphatic carbocycles. The van der Waals surface area contributed by atoms with Gasteiger partial charge in [0.15, 0.2) is 0 Å². The average molecular weight is 232 g/mol. The quantitative estimate of drug-likeness (QED) is 0.367. The van der Waals surface area contributed by atoms with Gasteiger partial charge >= 0.3 is 59.1 Å². The van der Waals surface area contributed by atoms with Crippen LogP contribution in [0.2, 0.25) is 0 Å². The molecule has 80 valence electrons. The monoisotopic (exact) mass is 232 g/mol. The molecule has 0 atom stereocenters. The second kappa shape index (κ2) is 117. The van der Waals surface area contributed by atoms with Gasteiger partial charge in [-0.2, -0.15) is 0 Å². The molecule has 0 saturated heterocycles. The van der Waals surface area contributed by atoms with Gasteiger partial charge in [0.2, 0.25) is 0 Å². The maximum absolute atomic E-state index is 8.33. The number of rotatable bonds is 0. The van der Waals surface area contributed by atoms with Crippen LogP contribution in [-0.4, -0.2) is 44.5 Å². The second-order valence-corrected chi connectivity index (χ2v) is 0.250. The molecule has 0 unspecified atom stereocenters. The fraction of sp³-hybridized carbons (Fsp3) is 0. The van der Waals surface area contributed by atoms with E-state index in [1.54, 1.807) is 0 Å². The van der Waals surface area contributed by atoms with Gasteiger partial charge in [0.1, 0.15) is 0 Å². The van der Waals surface area contributed by atoms with Gasteiger partial charge in [0.05, 0.1) is 0 Å². The van der Waals surface area contributed by atoms with Crippen LogP contribution in [-0.2, 0) is 0 Å². The second-order valence-electron chi connectivity index (χ2n) is 0.250. The first-order valence-corrected chi connectivity index (χ1v) is 0.612. The zero-order chi connectivity index (χ0) is 3.58. The first-order valence-electron chi connectivity index (χ1n) is 0.612. The molecule has 0 saturated carbocycles. The van der Waals surface area contributed by atoms with E-state index >= 15 is 0 Å². The molecule has 0 bridgehead atoms. The first kappa shape index (κ1) is 148. The molecule has 0 radical (unpaired) electrons. The van der Waals surface area contributed by atoms with Gasteiger partial charge in [-0.05, 0) is 6.16 Å². The van der Waals surface area contributed by atoms with E-state index in [1.807, 2.05) is 0 Å².